The minimum absolute atomic E-state index is 0. The summed E-state index contributed by atoms with van der Waals surface area (Å²) in [7, 11) is -8.87. The van der Waals surface area contributed by atoms with Crippen LogP contribution in [0.25, 0.3) is 22.5 Å². The van der Waals surface area contributed by atoms with Gasteiger partial charge in [0.25, 0.3) is 20.2 Å². The fourth-order valence-electron chi connectivity index (χ4n) is 5.05. The zero-order valence-corrected chi connectivity index (χ0v) is 36.1. The predicted octanol–water partition coefficient (Wildman–Crippen LogP) is 7.38. The molecule has 0 atom stereocenters. The molecule has 268 valence electrons. The molecule has 0 aliphatic carbocycles. The molecule has 0 saturated carbocycles. The molecule has 4 aromatic carbocycles. The van der Waals surface area contributed by atoms with E-state index in [9.17, 15) is 25.9 Å². The predicted molar refractivity (Wildman–Crippen MR) is 207 cm³/mol. The molecule has 6 rings (SSSR count). The Hall–Kier alpha value is -3.50. The number of rotatable bonds is 9. The topological polar surface area (TPSA) is 246 Å². The van der Waals surface area contributed by atoms with Crippen molar-refractivity contribution in [3.63, 3.8) is 0 Å². The fraction of sp³-hybridized carbons (Fsp3) is 0.0625. The molecule has 0 saturated heterocycles. The van der Waals surface area contributed by atoms with Crippen LogP contribution >= 0.6 is 23.2 Å². The zero-order valence-electron chi connectivity index (χ0n) is 28.9. The van der Waals surface area contributed by atoms with E-state index in [0.29, 0.717) is 55.3 Å². The van der Waals surface area contributed by atoms with Crippen LogP contribution in [0, 0.1) is 13.8 Å². The first-order valence-electron chi connectivity index (χ1n) is 14.8. The summed E-state index contributed by atoms with van der Waals surface area (Å²) in [5, 5.41) is 26.3. The molecule has 6 aromatic rings. The molecule has 2 heterocycles. The van der Waals surface area contributed by atoms with E-state index in [4.69, 9.17) is 34.7 Å². The van der Waals surface area contributed by atoms with Gasteiger partial charge in [-0.15, -0.1) is 10.2 Å². The molecule has 0 unspecified atom stereocenters. The average molecular weight is 828 g/mol. The number of hydrogen-bond donors (Lipinski definition) is 4. The van der Waals surface area contributed by atoms with Crippen molar-refractivity contribution in [1.29, 1.82) is 0 Å². The van der Waals surface area contributed by atoms with Crippen molar-refractivity contribution in [1.82, 2.24) is 19.6 Å². The largest absolute Gasteiger partial charge is 0.382 e. The second-order valence-electron chi connectivity index (χ2n) is 11.1. The average Bonchev–Trinajstić information content (AvgIpc) is 3.54. The Morgan fingerprint density at radius 1 is 0.593 bits per heavy atom. The number of nitrogens with two attached hydrogens (primary N) is 2. The van der Waals surface area contributed by atoms with Gasteiger partial charge in [0.2, 0.25) is 0 Å². The molecule has 22 heteroatoms. The first-order chi connectivity index (χ1) is 24.5. The number of halogens is 2. The van der Waals surface area contributed by atoms with E-state index in [1.54, 1.807) is 62.4 Å². The van der Waals surface area contributed by atoms with Gasteiger partial charge in [-0.25, -0.2) is 9.36 Å². The number of aromatic nitrogens is 4. The summed E-state index contributed by atoms with van der Waals surface area (Å²) in [5.74, 6) is 0.190. The minimum Gasteiger partial charge on any atom is -0.382 e. The molecule has 0 spiro atoms. The Bertz CT molecular complexity index is 2500. The van der Waals surface area contributed by atoms with E-state index < -0.39 is 20.2 Å². The van der Waals surface area contributed by atoms with Crippen molar-refractivity contribution >= 4 is 137 Å². The number of nitrogens with zero attached hydrogens (tertiary/aromatic N) is 8. The second kappa shape index (κ2) is 17.1. The van der Waals surface area contributed by atoms with E-state index in [1.165, 1.54) is 45.8 Å². The number of nitrogen functional groups attached to an aromatic ring is 2. The van der Waals surface area contributed by atoms with Crippen molar-refractivity contribution in [3.8, 4) is 22.5 Å². The minimum atomic E-state index is -4.44. The Kier molecular flexibility index (Phi) is 13.7. The monoisotopic (exact) mass is 826 g/mol. The molecular weight excluding hydrogens is 801 g/mol. The van der Waals surface area contributed by atoms with Crippen LogP contribution in [0.1, 0.15) is 11.4 Å². The summed E-state index contributed by atoms with van der Waals surface area (Å²) >= 11 is 13.3. The maximum absolute atomic E-state index is 11.6. The van der Waals surface area contributed by atoms with Crippen LogP contribution in [0.3, 0.4) is 0 Å². The molecule has 0 amide bonds. The van der Waals surface area contributed by atoms with Gasteiger partial charge in [-0.1, -0.05) is 47.5 Å². The van der Waals surface area contributed by atoms with Crippen LogP contribution in [-0.4, -0.2) is 105 Å². The van der Waals surface area contributed by atoms with Crippen LogP contribution in [-0.2, 0) is 20.2 Å². The molecule has 6 N–H and O–H groups in total. The number of aryl methyl sites for hydroxylation is 2. The number of azo groups is 2. The van der Waals surface area contributed by atoms with E-state index in [2.05, 4.69) is 30.7 Å². The Labute approximate surface area is 363 Å². The Morgan fingerprint density at radius 3 is 1.30 bits per heavy atom. The van der Waals surface area contributed by atoms with E-state index in [1.807, 2.05) is 0 Å². The number of hydrogen-bond acceptors (Lipinski definition) is 12. The van der Waals surface area contributed by atoms with Crippen molar-refractivity contribution < 1.29 is 25.9 Å². The maximum atomic E-state index is 11.6. The molecular formula is C32H26Cl2N10Na2O6S2. The summed E-state index contributed by atoms with van der Waals surface area (Å²) in [6, 6.07) is 20.9. The molecule has 16 nitrogen and oxygen atoms in total. The smallest absolute Gasteiger partial charge is 0.294 e. The fourth-order valence-corrected chi connectivity index (χ4v) is 6.64. The maximum Gasteiger partial charge on any atom is 0.294 e. The van der Waals surface area contributed by atoms with Gasteiger partial charge in [0, 0.05) is 70.2 Å². The summed E-state index contributed by atoms with van der Waals surface area (Å²) in [4.78, 5) is -0.629. The number of benzene rings is 4. The van der Waals surface area contributed by atoms with Crippen LogP contribution in [0.4, 0.5) is 34.4 Å². The summed E-state index contributed by atoms with van der Waals surface area (Å²) in [6.07, 6.45) is 0. The van der Waals surface area contributed by atoms with Crippen LogP contribution in [0.15, 0.2) is 115 Å². The van der Waals surface area contributed by atoms with Crippen molar-refractivity contribution in [3.05, 3.63) is 106 Å². The zero-order chi connectivity index (χ0) is 37.5. The molecule has 0 aliphatic heterocycles. The normalized spacial score (nSPS) is 11.9. The number of anilines is 2. The van der Waals surface area contributed by atoms with Gasteiger partial charge in [-0.2, -0.15) is 37.3 Å². The van der Waals surface area contributed by atoms with Gasteiger partial charge < -0.3 is 11.5 Å². The van der Waals surface area contributed by atoms with Crippen LogP contribution in [0.5, 0.6) is 0 Å². The van der Waals surface area contributed by atoms with Gasteiger partial charge in [-0.05, 0) is 74.5 Å². The van der Waals surface area contributed by atoms with Gasteiger partial charge >= 0.3 is 0 Å². The Morgan fingerprint density at radius 2 is 0.963 bits per heavy atom. The third kappa shape index (κ3) is 9.30. The van der Waals surface area contributed by atoms with Crippen molar-refractivity contribution in [2.75, 3.05) is 11.5 Å². The van der Waals surface area contributed by atoms with Crippen molar-refractivity contribution in [2.24, 2.45) is 20.5 Å². The Balaban J connectivity index is 0.00000325. The first kappa shape index (κ1) is 43.2. The SMILES string of the molecule is Cc1nn(-c2cccc(S(=O)(=O)O)c2)c(N)c1N=Nc1ccc(-c2ccc(N=Nc3c(C)nn(-c4cccc(S(=O)(=O)O)c4)c3N)cc2Cl)c(Cl)c1.[Na].[Na]. The van der Waals surface area contributed by atoms with Gasteiger partial charge in [0.15, 0.2) is 23.0 Å². The molecule has 0 bridgehead atoms. The van der Waals surface area contributed by atoms with E-state index in [-0.39, 0.29) is 91.9 Å². The van der Waals surface area contributed by atoms with Gasteiger partial charge in [0.05, 0.1) is 54.0 Å². The molecule has 0 aliphatic rings. The summed E-state index contributed by atoms with van der Waals surface area (Å²) in [5.41, 5.74) is 16.5. The second-order valence-corrected chi connectivity index (χ2v) is 14.8. The molecule has 2 radical (unpaired) electrons. The standard InChI is InChI=1S/C32H26Cl2N10O6S2.2Na/c1-17-29(31(35)43(41-17)21-5-3-7-23(15-21)51(45,46)47)39-37-19-9-11-25(27(33)13-19)26-12-10-20(14-28(26)34)38-40-30-18(2)42-44(32(30)36)22-6-4-8-24(16-22)52(48,49)50;;/h3-16H,35-36H2,1-2H3,(H,45,46,47)(H,48,49,50);;. The quantitative estimate of drug-likeness (QED) is 0.0640. The van der Waals surface area contributed by atoms with Gasteiger partial charge in [-0.3, -0.25) is 9.11 Å². The molecule has 54 heavy (non-hydrogen) atoms. The van der Waals surface area contributed by atoms with E-state index >= 15 is 0 Å². The molecule has 2 aromatic heterocycles. The van der Waals surface area contributed by atoms with Gasteiger partial charge in [0.1, 0.15) is 0 Å². The molecule has 0 fully saturated rings. The third-order valence-corrected chi connectivity index (χ3v) is 9.90. The summed E-state index contributed by atoms with van der Waals surface area (Å²) in [6.45, 7) is 3.32. The van der Waals surface area contributed by atoms with Crippen LogP contribution in [0.2, 0.25) is 10.0 Å². The first-order valence-corrected chi connectivity index (χ1v) is 18.4. The van der Waals surface area contributed by atoms with Crippen LogP contribution < -0.4 is 11.5 Å². The summed E-state index contributed by atoms with van der Waals surface area (Å²) < 4.78 is 67.7. The third-order valence-electron chi connectivity index (χ3n) is 7.57. The van der Waals surface area contributed by atoms with E-state index in [0.717, 1.165) is 0 Å². The van der Waals surface area contributed by atoms with Crippen molar-refractivity contribution in [2.45, 2.75) is 23.6 Å².